The minimum atomic E-state index is 0.0240. The maximum atomic E-state index is 3.96. The Kier molecular flexibility index (Phi) is 4.25. The molecule has 0 aromatic heterocycles. The van der Waals surface area contributed by atoms with Gasteiger partial charge in [-0.25, -0.2) is 0 Å². The molecule has 1 aliphatic heterocycles. The Hall–Kier alpha value is -0.640. The summed E-state index contributed by atoms with van der Waals surface area (Å²) in [6, 6.07) is 11.2. The predicted molar refractivity (Wildman–Crippen MR) is 80.9 cm³/mol. The second-order valence-electron chi connectivity index (χ2n) is 5.35. The molecular weight excluding hydrogens is 288 g/mol. The molecule has 1 fully saturated rings. The zero-order chi connectivity index (χ0) is 13.2. The maximum absolute atomic E-state index is 3.96. The maximum Gasteiger partial charge on any atom is 0.0535 e. The molecule has 18 heavy (non-hydrogen) atoms. The molecule has 2 nitrogen and oxygen atoms in total. The normalized spacial score (nSPS) is 29.2. The number of nitrogens with zero attached hydrogens (tertiary/aromatic N) is 1. The van der Waals surface area contributed by atoms with Crippen LogP contribution in [0, 0.1) is 0 Å². The predicted octanol–water partition coefficient (Wildman–Crippen LogP) is 3.10. The molecule has 2 unspecified atom stereocenters. The molecule has 1 N–H and O–H groups in total. The number of rotatable bonds is 3. The SMILES string of the molecule is C=C(Br)CN1CC(C)(c2ccccc2)NCC1C. The van der Waals surface area contributed by atoms with Crippen molar-refractivity contribution in [2.45, 2.75) is 25.4 Å². The lowest BCUT2D eigenvalue weighted by Crippen LogP contribution is -2.60. The fourth-order valence-corrected chi connectivity index (χ4v) is 2.87. The highest BCUT2D eigenvalue weighted by molar-refractivity contribution is 9.11. The summed E-state index contributed by atoms with van der Waals surface area (Å²) in [4.78, 5) is 2.47. The van der Waals surface area contributed by atoms with E-state index < -0.39 is 0 Å². The van der Waals surface area contributed by atoms with Gasteiger partial charge in [-0.05, 0) is 19.4 Å². The molecule has 1 aromatic carbocycles. The van der Waals surface area contributed by atoms with Crippen LogP contribution in [0.25, 0.3) is 0 Å². The molecule has 1 saturated heterocycles. The molecule has 98 valence electrons. The van der Waals surface area contributed by atoms with E-state index in [9.17, 15) is 0 Å². The summed E-state index contributed by atoms with van der Waals surface area (Å²) < 4.78 is 1.05. The van der Waals surface area contributed by atoms with E-state index in [0.717, 1.165) is 24.1 Å². The van der Waals surface area contributed by atoms with Crippen molar-refractivity contribution in [2.75, 3.05) is 19.6 Å². The molecule has 1 heterocycles. The van der Waals surface area contributed by atoms with Crippen LogP contribution in [0.5, 0.6) is 0 Å². The zero-order valence-electron chi connectivity index (χ0n) is 11.1. The Morgan fingerprint density at radius 1 is 1.50 bits per heavy atom. The van der Waals surface area contributed by atoms with E-state index in [1.165, 1.54) is 5.56 Å². The van der Waals surface area contributed by atoms with E-state index >= 15 is 0 Å². The summed E-state index contributed by atoms with van der Waals surface area (Å²) in [5.74, 6) is 0. The second kappa shape index (κ2) is 5.55. The lowest BCUT2D eigenvalue weighted by atomic mass is 9.88. The summed E-state index contributed by atoms with van der Waals surface area (Å²) in [6.45, 7) is 11.4. The minimum absolute atomic E-state index is 0.0240. The van der Waals surface area contributed by atoms with Gasteiger partial charge in [-0.2, -0.15) is 0 Å². The molecule has 0 bridgehead atoms. The van der Waals surface area contributed by atoms with Crippen LogP contribution in [0.1, 0.15) is 19.4 Å². The van der Waals surface area contributed by atoms with Crippen LogP contribution in [-0.2, 0) is 5.54 Å². The Morgan fingerprint density at radius 3 is 2.78 bits per heavy atom. The molecule has 0 radical (unpaired) electrons. The molecule has 1 aromatic rings. The number of hydrogen-bond acceptors (Lipinski definition) is 2. The van der Waals surface area contributed by atoms with E-state index in [1.807, 2.05) is 0 Å². The van der Waals surface area contributed by atoms with Gasteiger partial charge in [0, 0.05) is 30.2 Å². The highest BCUT2D eigenvalue weighted by atomic mass is 79.9. The number of halogens is 1. The summed E-state index contributed by atoms with van der Waals surface area (Å²) in [7, 11) is 0. The highest BCUT2D eigenvalue weighted by Gasteiger charge is 2.35. The molecule has 0 aliphatic carbocycles. The van der Waals surface area contributed by atoms with E-state index in [4.69, 9.17) is 0 Å². The lowest BCUT2D eigenvalue weighted by Gasteiger charge is -2.45. The van der Waals surface area contributed by atoms with Gasteiger partial charge in [-0.15, -0.1) is 0 Å². The van der Waals surface area contributed by atoms with Crippen molar-refractivity contribution in [3.63, 3.8) is 0 Å². The van der Waals surface area contributed by atoms with E-state index in [-0.39, 0.29) is 5.54 Å². The van der Waals surface area contributed by atoms with Gasteiger partial charge in [0.15, 0.2) is 0 Å². The van der Waals surface area contributed by atoms with Crippen molar-refractivity contribution in [1.29, 1.82) is 0 Å². The van der Waals surface area contributed by atoms with Crippen molar-refractivity contribution in [1.82, 2.24) is 10.2 Å². The lowest BCUT2D eigenvalue weighted by molar-refractivity contribution is 0.106. The third kappa shape index (κ3) is 3.02. The first-order chi connectivity index (χ1) is 8.51. The van der Waals surface area contributed by atoms with Crippen LogP contribution >= 0.6 is 15.9 Å². The van der Waals surface area contributed by atoms with Crippen molar-refractivity contribution in [3.8, 4) is 0 Å². The van der Waals surface area contributed by atoms with Gasteiger partial charge in [0.2, 0.25) is 0 Å². The topological polar surface area (TPSA) is 15.3 Å². The average Bonchev–Trinajstić information content (AvgIpc) is 2.35. The Morgan fingerprint density at radius 2 is 2.17 bits per heavy atom. The summed E-state index contributed by atoms with van der Waals surface area (Å²) >= 11 is 3.47. The van der Waals surface area contributed by atoms with Gasteiger partial charge in [0.05, 0.1) is 5.54 Å². The number of nitrogens with one attached hydrogen (secondary N) is 1. The van der Waals surface area contributed by atoms with E-state index in [2.05, 4.69) is 76.9 Å². The van der Waals surface area contributed by atoms with Gasteiger partial charge >= 0.3 is 0 Å². The third-order valence-corrected chi connectivity index (χ3v) is 3.97. The Labute approximate surface area is 118 Å². The van der Waals surface area contributed by atoms with Gasteiger partial charge in [-0.1, -0.05) is 52.8 Å². The summed E-state index contributed by atoms with van der Waals surface area (Å²) in [5, 5.41) is 3.68. The first-order valence-electron chi connectivity index (χ1n) is 6.39. The van der Waals surface area contributed by atoms with Gasteiger partial charge in [-0.3, -0.25) is 4.90 Å². The molecule has 0 amide bonds. The van der Waals surface area contributed by atoms with Crippen molar-refractivity contribution < 1.29 is 0 Å². The van der Waals surface area contributed by atoms with Crippen LogP contribution in [0.2, 0.25) is 0 Å². The summed E-state index contributed by atoms with van der Waals surface area (Å²) in [6.07, 6.45) is 0. The molecular formula is C15H21BrN2. The quantitative estimate of drug-likeness (QED) is 0.923. The first-order valence-corrected chi connectivity index (χ1v) is 7.18. The van der Waals surface area contributed by atoms with Gasteiger partial charge in [0.25, 0.3) is 0 Å². The van der Waals surface area contributed by atoms with E-state index in [1.54, 1.807) is 0 Å². The van der Waals surface area contributed by atoms with Crippen molar-refractivity contribution in [3.05, 3.63) is 47.0 Å². The average molecular weight is 309 g/mol. The zero-order valence-corrected chi connectivity index (χ0v) is 12.7. The second-order valence-corrected chi connectivity index (χ2v) is 6.47. The van der Waals surface area contributed by atoms with Crippen molar-refractivity contribution in [2.24, 2.45) is 0 Å². The molecule has 0 spiro atoms. The number of hydrogen-bond donors (Lipinski definition) is 1. The molecule has 0 saturated carbocycles. The molecule has 2 rings (SSSR count). The van der Waals surface area contributed by atoms with Crippen LogP contribution < -0.4 is 5.32 Å². The molecule has 2 atom stereocenters. The fraction of sp³-hybridized carbons (Fsp3) is 0.467. The van der Waals surface area contributed by atoms with Gasteiger partial charge < -0.3 is 5.32 Å². The minimum Gasteiger partial charge on any atom is -0.305 e. The third-order valence-electron chi connectivity index (χ3n) is 3.72. The monoisotopic (exact) mass is 308 g/mol. The van der Waals surface area contributed by atoms with Gasteiger partial charge in [0.1, 0.15) is 0 Å². The Bertz CT molecular complexity index is 418. The standard InChI is InChI=1S/C15H21BrN2/c1-12(16)10-18-11-15(3,17-9-13(18)2)14-7-5-4-6-8-14/h4-8,13,17H,1,9-11H2,2-3H3. The first kappa shape index (κ1) is 13.8. The largest absolute Gasteiger partial charge is 0.305 e. The number of benzene rings is 1. The van der Waals surface area contributed by atoms with Crippen molar-refractivity contribution >= 4 is 15.9 Å². The molecule has 3 heteroatoms. The smallest absolute Gasteiger partial charge is 0.0535 e. The Balaban J connectivity index is 2.17. The highest BCUT2D eigenvalue weighted by Crippen LogP contribution is 2.27. The van der Waals surface area contributed by atoms with E-state index in [0.29, 0.717) is 6.04 Å². The fourth-order valence-electron chi connectivity index (χ4n) is 2.55. The summed E-state index contributed by atoms with van der Waals surface area (Å²) in [5.41, 5.74) is 1.37. The number of piperazine rings is 1. The molecule has 1 aliphatic rings. The van der Waals surface area contributed by atoms with Crippen LogP contribution in [0.15, 0.2) is 41.4 Å². The van der Waals surface area contributed by atoms with Crippen LogP contribution in [0.4, 0.5) is 0 Å². The van der Waals surface area contributed by atoms with Crippen LogP contribution in [0.3, 0.4) is 0 Å². The van der Waals surface area contributed by atoms with Crippen LogP contribution in [-0.4, -0.2) is 30.6 Å².